The van der Waals surface area contributed by atoms with Crippen LogP contribution in [-0.4, -0.2) is 16.9 Å². The van der Waals surface area contributed by atoms with E-state index in [-0.39, 0.29) is 0 Å². The Balaban J connectivity index is 2.67. The van der Waals surface area contributed by atoms with Gasteiger partial charge >= 0.3 is 0 Å². The summed E-state index contributed by atoms with van der Waals surface area (Å²) < 4.78 is 7.14. The van der Waals surface area contributed by atoms with Crippen molar-refractivity contribution in [2.45, 2.75) is 13.5 Å². The fourth-order valence-electron chi connectivity index (χ4n) is 1.41. The molecule has 0 aliphatic rings. The lowest BCUT2D eigenvalue weighted by Crippen LogP contribution is -1.92. The number of benzene rings is 1. The summed E-state index contributed by atoms with van der Waals surface area (Å²) in [6.07, 6.45) is 2.01. The van der Waals surface area contributed by atoms with Gasteiger partial charge < -0.3 is 4.74 Å². The van der Waals surface area contributed by atoms with Crippen LogP contribution in [0.15, 0.2) is 24.4 Å². The van der Waals surface area contributed by atoms with Gasteiger partial charge in [-0.15, -0.1) is 0 Å². The normalized spacial score (nSPS) is 10.6. The maximum Gasteiger partial charge on any atom is 0.129 e. The molecular formula is C10H12N2O. The van der Waals surface area contributed by atoms with E-state index in [1.165, 1.54) is 0 Å². The highest BCUT2D eigenvalue weighted by Crippen LogP contribution is 2.23. The molecule has 0 aliphatic carbocycles. The van der Waals surface area contributed by atoms with Crippen molar-refractivity contribution in [1.29, 1.82) is 0 Å². The van der Waals surface area contributed by atoms with E-state index < -0.39 is 0 Å². The molecule has 1 aromatic heterocycles. The van der Waals surface area contributed by atoms with Crippen LogP contribution in [0.25, 0.3) is 10.9 Å². The molecule has 0 saturated carbocycles. The zero-order valence-corrected chi connectivity index (χ0v) is 7.82. The third-order valence-corrected chi connectivity index (χ3v) is 2.10. The Morgan fingerprint density at radius 2 is 2.31 bits per heavy atom. The SMILES string of the molecule is CCn1cc2c(OC)cccc2n1. The first kappa shape index (κ1) is 8.10. The molecule has 68 valence electrons. The summed E-state index contributed by atoms with van der Waals surface area (Å²) in [7, 11) is 1.68. The first-order valence-corrected chi connectivity index (χ1v) is 4.35. The smallest absolute Gasteiger partial charge is 0.129 e. The van der Waals surface area contributed by atoms with Crippen LogP contribution in [0.3, 0.4) is 0 Å². The molecule has 2 rings (SSSR count). The predicted molar refractivity (Wildman–Crippen MR) is 52.0 cm³/mol. The molecule has 3 nitrogen and oxygen atoms in total. The van der Waals surface area contributed by atoms with E-state index in [1.807, 2.05) is 29.1 Å². The number of hydrogen-bond acceptors (Lipinski definition) is 2. The van der Waals surface area contributed by atoms with Crippen molar-refractivity contribution in [1.82, 2.24) is 9.78 Å². The second-order valence-corrected chi connectivity index (χ2v) is 2.88. The fourth-order valence-corrected chi connectivity index (χ4v) is 1.41. The monoisotopic (exact) mass is 176 g/mol. The highest BCUT2D eigenvalue weighted by atomic mass is 16.5. The van der Waals surface area contributed by atoms with Gasteiger partial charge in [-0.05, 0) is 19.1 Å². The predicted octanol–water partition coefficient (Wildman–Crippen LogP) is 2.06. The van der Waals surface area contributed by atoms with E-state index in [2.05, 4.69) is 12.0 Å². The minimum absolute atomic E-state index is 0.886. The van der Waals surface area contributed by atoms with Crippen molar-refractivity contribution in [2.24, 2.45) is 0 Å². The summed E-state index contributed by atoms with van der Waals surface area (Å²) in [5, 5.41) is 5.45. The Bertz CT molecular complexity index is 420. The third kappa shape index (κ3) is 1.26. The fraction of sp³-hybridized carbons (Fsp3) is 0.300. The number of nitrogens with zero attached hydrogens (tertiary/aromatic N) is 2. The average Bonchev–Trinajstić information content (AvgIpc) is 2.59. The maximum atomic E-state index is 5.23. The molecule has 0 aliphatic heterocycles. The largest absolute Gasteiger partial charge is 0.496 e. The van der Waals surface area contributed by atoms with E-state index in [9.17, 15) is 0 Å². The van der Waals surface area contributed by atoms with Gasteiger partial charge in [-0.25, -0.2) is 0 Å². The van der Waals surface area contributed by atoms with Gasteiger partial charge in [-0.1, -0.05) is 6.07 Å². The van der Waals surface area contributed by atoms with Gasteiger partial charge in [0.1, 0.15) is 5.75 Å². The van der Waals surface area contributed by atoms with E-state index in [4.69, 9.17) is 4.74 Å². The van der Waals surface area contributed by atoms with Crippen molar-refractivity contribution in [3.63, 3.8) is 0 Å². The van der Waals surface area contributed by atoms with Gasteiger partial charge in [0.2, 0.25) is 0 Å². The molecule has 0 radical (unpaired) electrons. The van der Waals surface area contributed by atoms with E-state index in [0.29, 0.717) is 0 Å². The molecule has 0 N–H and O–H groups in total. The quantitative estimate of drug-likeness (QED) is 0.700. The minimum atomic E-state index is 0.886. The highest BCUT2D eigenvalue weighted by molar-refractivity contribution is 5.84. The van der Waals surface area contributed by atoms with Crippen LogP contribution in [0.4, 0.5) is 0 Å². The van der Waals surface area contributed by atoms with Crippen LogP contribution in [0, 0.1) is 0 Å². The van der Waals surface area contributed by atoms with Crippen molar-refractivity contribution in [2.75, 3.05) is 7.11 Å². The number of fused-ring (bicyclic) bond motifs is 1. The summed E-state index contributed by atoms with van der Waals surface area (Å²) in [5.74, 6) is 0.886. The molecule has 0 spiro atoms. The third-order valence-electron chi connectivity index (χ3n) is 2.10. The molecule has 0 bridgehead atoms. The Labute approximate surface area is 76.9 Å². The van der Waals surface area contributed by atoms with Crippen LogP contribution < -0.4 is 4.74 Å². The first-order chi connectivity index (χ1) is 6.35. The summed E-state index contributed by atoms with van der Waals surface area (Å²) in [6, 6.07) is 5.89. The molecule has 1 aromatic carbocycles. The van der Waals surface area contributed by atoms with Gasteiger partial charge in [-0.3, -0.25) is 4.68 Å². The van der Waals surface area contributed by atoms with Crippen LogP contribution in [0.5, 0.6) is 5.75 Å². The Morgan fingerprint density at radius 3 is 3.00 bits per heavy atom. The van der Waals surface area contributed by atoms with Crippen LogP contribution >= 0.6 is 0 Å². The maximum absolute atomic E-state index is 5.23. The second kappa shape index (κ2) is 3.09. The molecular weight excluding hydrogens is 164 g/mol. The first-order valence-electron chi connectivity index (χ1n) is 4.35. The number of aryl methyl sites for hydroxylation is 1. The van der Waals surface area contributed by atoms with Crippen LogP contribution in [0.2, 0.25) is 0 Å². The van der Waals surface area contributed by atoms with Gasteiger partial charge in [0.15, 0.2) is 0 Å². The molecule has 13 heavy (non-hydrogen) atoms. The summed E-state index contributed by atoms with van der Waals surface area (Å²) in [5.41, 5.74) is 0.987. The van der Waals surface area contributed by atoms with Gasteiger partial charge in [0.25, 0.3) is 0 Å². The molecule has 0 atom stereocenters. The van der Waals surface area contributed by atoms with Crippen molar-refractivity contribution in [3.8, 4) is 5.75 Å². The van der Waals surface area contributed by atoms with Gasteiger partial charge in [-0.2, -0.15) is 5.10 Å². The summed E-state index contributed by atoms with van der Waals surface area (Å²) >= 11 is 0. The van der Waals surface area contributed by atoms with Crippen LogP contribution in [-0.2, 0) is 6.54 Å². The Hall–Kier alpha value is -1.51. The van der Waals surface area contributed by atoms with Gasteiger partial charge in [0.05, 0.1) is 18.0 Å². The second-order valence-electron chi connectivity index (χ2n) is 2.88. The number of methoxy groups -OCH3 is 1. The highest BCUT2D eigenvalue weighted by Gasteiger charge is 2.03. The lowest BCUT2D eigenvalue weighted by atomic mass is 10.2. The van der Waals surface area contributed by atoms with Crippen molar-refractivity contribution >= 4 is 10.9 Å². The summed E-state index contributed by atoms with van der Waals surface area (Å²) in [6.45, 7) is 2.95. The topological polar surface area (TPSA) is 27.1 Å². The lowest BCUT2D eigenvalue weighted by molar-refractivity contribution is 0.420. The number of rotatable bonds is 2. The van der Waals surface area contributed by atoms with Crippen molar-refractivity contribution < 1.29 is 4.74 Å². The molecule has 3 heteroatoms. The Morgan fingerprint density at radius 1 is 1.46 bits per heavy atom. The Kier molecular flexibility index (Phi) is 1.93. The molecule has 0 saturated heterocycles. The number of hydrogen-bond donors (Lipinski definition) is 0. The van der Waals surface area contributed by atoms with Crippen LogP contribution in [0.1, 0.15) is 6.92 Å². The molecule has 2 aromatic rings. The average molecular weight is 176 g/mol. The lowest BCUT2D eigenvalue weighted by Gasteiger charge is -1.98. The minimum Gasteiger partial charge on any atom is -0.496 e. The van der Waals surface area contributed by atoms with E-state index in [0.717, 1.165) is 23.2 Å². The molecule has 0 amide bonds. The van der Waals surface area contributed by atoms with Gasteiger partial charge in [0, 0.05) is 12.7 Å². The molecule has 0 fully saturated rings. The standard InChI is InChI=1S/C10H12N2O/c1-3-12-7-8-9(11-12)5-4-6-10(8)13-2/h4-7H,3H2,1-2H3. The van der Waals surface area contributed by atoms with Crippen molar-refractivity contribution in [3.05, 3.63) is 24.4 Å². The molecule has 1 heterocycles. The van der Waals surface area contributed by atoms with E-state index in [1.54, 1.807) is 7.11 Å². The number of ether oxygens (including phenoxy) is 1. The summed E-state index contributed by atoms with van der Waals surface area (Å²) in [4.78, 5) is 0. The number of aromatic nitrogens is 2. The molecule has 0 unspecified atom stereocenters. The zero-order valence-electron chi connectivity index (χ0n) is 7.82. The van der Waals surface area contributed by atoms with E-state index >= 15 is 0 Å². The zero-order chi connectivity index (χ0) is 9.26.